The number of carbonyl (C=O) groups excluding carboxylic acids is 1. The molecule has 29 heavy (non-hydrogen) atoms. The molecule has 1 amide bonds. The molecule has 1 aromatic rings. The van der Waals surface area contributed by atoms with Gasteiger partial charge in [0.05, 0.1) is 5.92 Å². The molecule has 2 aliphatic heterocycles. The maximum absolute atomic E-state index is 12.5. The minimum Gasteiger partial charge on any atom is -0.385 e. The van der Waals surface area contributed by atoms with Gasteiger partial charge in [0, 0.05) is 38.9 Å². The minimum absolute atomic E-state index is 0.161. The fourth-order valence-corrected chi connectivity index (χ4v) is 5.53. The molecule has 1 aromatic carbocycles. The number of rotatable bonds is 7. The fraction of sp³-hybridized carbons (Fsp3) is 0.708. The molecule has 2 fully saturated rings. The minimum atomic E-state index is 0.161. The van der Waals surface area contributed by atoms with Gasteiger partial charge in [-0.05, 0) is 75.7 Å². The van der Waals surface area contributed by atoms with Gasteiger partial charge in [-0.2, -0.15) is 0 Å². The first-order valence-electron chi connectivity index (χ1n) is 11.6. The van der Waals surface area contributed by atoms with Crippen LogP contribution >= 0.6 is 0 Å². The van der Waals surface area contributed by atoms with Gasteiger partial charge in [0.1, 0.15) is 0 Å². The third-order valence-electron chi connectivity index (χ3n) is 7.21. The van der Waals surface area contributed by atoms with Crippen LogP contribution in [0.2, 0.25) is 0 Å². The van der Waals surface area contributed by atoms with Crippen LogP contribution in [0.25, 0.3) is 0 Å². The Morgan fingerprint density at radius 3 is 2.45 bits per heavy atom. The van der Waals surface area contributed by atoms with E-state index in [1.807, 2.05) is 0 Å². The summed E-state index contributed by atoms with van der Waals surface area (Å²) in [7, 11) is 1.71. The average molecular weight is 400 g/mol. The van der Waals surface area contributed by atoms with Gasteiger partial charge in [-0.3, -0.25) is 14.6 Å². The number of methoxy groups -OCH3 is 1. The summed E-state index contributed by atoms with van der Waals surface area (Å²) < 4.78 is 5.07. The summed E-state index contributed by atoms with van der Waals surface area (Å²) in [5, 5.41) is 3.11. The second-order valence-electron chi connectivity index (χ2n) is 9.07. The van der Waals surface area contributed by atoms with Gasteiger partial charge >= 0.3 is 0 Å². The Bertz CT molecular complexity index is 647. The van der Waals surface area contributed by atoms with E-state index in [1.165, 1.54) is 38.8 Å². The monoisotopic (exact) mass is 399 g/mol. The highest BCUT2D eigenvalue weighted by atomic mass is 16.5. The molecule has 1 atom stereocenters. The van der Waals surface area contributed by atoms with E-state index in [-0.39, 0.29) is 11.8 Å². The summed E-state index contributed by atoms with van der Waals surface area (Å²) in [6.45, 7) is 5.94. The van der Waals surface area contributed by atoms with Crippen molar-refractivity contribution in [1.29, 1.82) is 0 Å². The second-order valence-corrected chi connectivity index (χ2v) is 9.07. The molecule has 0 unspecified atom stereocenters. The molecule has 1 aliphatic carbocycles. The van der Waals surface area contributed by atoms with Crippen molar-refractivity contribution in [2.45, 2.75) is 57.0 Å². The van der Waals surface area contributed by atoms with Gasteiger partial charge in [0.2, 0.25) is 5.91 Å². The van der Waals surface area contributed by atoms with E-state index >= 15 is 0 Å². The lowest BCUT2D eigenvalue weighted by molar-refractivity contribution is -0.127. The van der Waals surface area contributed by atoms with Crippen LogP contribution in [0, 0.1) is 5.92 Å². The molecule has 2 saturated heterocycles. The van der Waals surface area contributed by atoms with Crippen molar-refractivity contribution in [3.63, 3.8) is 0 Å². The number of fused-ring (bicyclic) bond motifs is 1. The average Bonchev–Trinajstić information content (AvgIpc) is 3.21. The van der Waals surface area contributed by atoms with Crippen LogP contribution in [-0.2, 0) is 22.4 Å². The number of nitrogens with zero attached hydrogens (tertiary/aromatic N) is 2. The van der Waals surface area contributed by atoms with E-state index in [4.69, 9.17) is 4.74 Å². The number of hydrogen-bond donors (Lipinski definition) is 1. The van der Waals surface area contributed by atoms with E-state index in [9.17, 15) is 4.79 Å². The van der Waals surface area contributed by atoms with Crippen molar-refractivity contribution < 1.29 is 9.53 Å². The third-order valence-corrected chi connectivity index (χ3v) is 7.21. The van der Waals surface area contributed by atoms with Crippen molar-refractivity contribution in [1.82, 2.24) is 15.1 Å². The normalized spacial score (nSPS) is 24.5. The molecule has 5 heteroatoms. The Kier molecular flexibility index (Phi) is 7.22. The highest BCUT2D eigenvalue weighted by molar-refractivity contribution is 5.78. The Morgan fingerprint density at radius 1 is 1.03 bits per heavy atom. The van der Waals surface area contributed by atoms with E-state index < -0.39 is 0 Å². The van der Waals surface area contributed by atoms with Crippen molar-refractivity contribution >= 4 is 5.91 Å². The van der Waals surface area contributed by atoms with Crippen molar-refractivity contribution in [2.75, 3.05) is 46.4 Å². The number of piperidine rings is 2. The molecular weight excluding hydrogens is 362 g/mol. The molecule has 0 aromatic heterocycles. The summed E-state index contributed by atoms with van der Waals surface area (Å²) in [6, 6.07) is 10.3. The van der Waals surface area contributed by atoms with E-state index in [0.717, 1.165) is 38.9 Å². The predicted octanol–water partition coefficient (Wildman–Crippen LogP) is 2.48. The first kappa shape index (κ1) is 20.8. The van der Waals surface area contributed by atoms with E-state index in [2.05, 4.69) is 39.4 Å². The number of likely N-dealkylation sites (tertiary alicyclic amines) is 2. The van der Waals surface area contributed by atoms with Crippen molar-refractivity contribution in [3.8, 4) is 0 Å². The lowest BCUT2D eigenvalue weighted by Crippen LogP contribution is -2.52. The van der Waals surface area contributed by atoms with Crippen LogP contribution in [0.15, 0.2) is 24.3 Å². The van der Waals surface area contributed by atoms with Crippen LogP contribution in [0.5, 0.6) is 0 Å². The highest BCUT2D eigenvalue weighted by Crippen LogP contribution is 2.29. The largest absolute Gasteiger partial charge is 0.385 e. The molecule has 0 bridgehead atoms. The molecule has 3 aliphatic rings. The van der Waals surface area contributed by atoms with Gasteiger partial charge in [-0.15, -0.1) is 0 Å². The maximum atomic E-state index is 12.5. The number of benzene rings is 1. The summed E-state index contributed by atoms with van der Waals surface area (Å²) in [4.78, 5) is 17.9. The Hall–Kier alpha value is -1.43. The molecule has 5 nitrogen and oxygen atoms in total. The van der Waals surface area contributed by atoms with Gasteiger partial charge < -0.3 is 10.1 Å². The third kappa shape index (κ3) is 5.19. The smallest absolute Gasteiger partial charge is 0.224 e. The van der Waals surface area contributed by atoms with Gasteiger partial charge in [0.25, 0.3) is 0 Å². The van der Waals surface area contributed by atoms with Crippen LogP contribution < -0.4 is 5.32 Å². The molecule has 0 saturated carbocycles. The highest BCUT2D eigenvalue weighted by Gasteiger charge is 2.34. The van der Waals surface area contributed by atoms with Crippen molar-refractivity contribution in [2.24, 2.45) is 5.92 Å². The van der Waals surface area contributed by atoms with Crippen molar-refractivity contribution in [3.05, 3.63) is 35.4 Å². The summed E-state index contributed by atoms with van der Waals surface area (Å²) >= 11 is 0. The SMILES string of the molecule is COCCCNC(=O)[C@H]1CCCN(C2CCN(C3Cc4ccccc4C3)CC2)C1. The topological polar surface area (TPSA) is 44.8 Å². The zero-order valence-corrected chi connectivity index (χ0v) is 17.9. The first-order valence-corrected chi connectivity index (χ1v) is 11.6. The summed E-state index contributed by atoms with van der Waals surface area (Å²) in [5.74, 6) is 0.403. The van der Waals surface area contributed by atoms with Gasteiger partial charge in [0.15, 0.2) is 0 Å². The second kappa shape index (κ2) is 10.1. The standard InChI is InChI=1S/C24H37N3O2/c1-29-15-5-11-25-24(28)21-8-4-12-27(18-21)22-9-13-26(14-10-22)23-16-19-6-2-3-7-20(19)17-23/h2-3,6-7,21-23H,4-5,8-18H2,1H3,(H,25,28)/t21-/m0/s1. The summed E-state index contributed by atoms with van der Waals surface area (Å²) in [6.07, 6.45) is 8.00. The number of nitrogens with one attached hydrogen (secondary N) is 1. The molecule has 0 radical (unpaired) electrons. The molecule has 160 valence electrons. The van der Waals surface area contributed by atoms with Crippen LogP contribution in [0.4, 0.5) is 0 Å². The molecule has 4 rings (SSSR count). The lowest BCUT2D eigenvalue weighted by Gasteiger charge is -2.43. The fourth-order valence-electron chi connectivity index (χ4n) is 5.53. The van der Waals surface area contributed by atoms with Crippen LogP contribution in [-0.4, -0.2) is 74.2 Å². The number of carbonyl (C=O) groups is 1. The van der Waals surface area contributed by atoms with Gasteiger partial charge in [-0.25, -0.2) is 0 Å². The number of hydrogen-bond acceptors (Lipinski definition) is 4. The quantitative estimate of drug-likeness (QED) is 0.716. The van der Waals surface area contributed by atoms with E-state index in [1.54, 1.807) is 18.2 Å². The molecule has 2 heterocycles. The van der Waals surface area contributed by atoms with Crippen LogP contribution in [0.1, 0.15) is 43.2 Å². The Labute approximate surface area is 175 Å². The lowest BCUT2D eigenvalue weighted by atomic mass is 9.92. The zero-order valence-electron chi connectivity index (χ0n) is 17.9. The summed E-state index contributed by atoms with van der Waals surface area (Å²) in [5.41, 5.74) is 3.10. The Balaban J connectivity index is 1.22. The van der Waals surface area contributed by atoms with Crippen LogP contribution in [0.3, 0.4) is 0 Å². The maximum Gasteiger partial charge on any atom is 0.224 e. The predicted molar refractivity (Wildman–Crippen MR) is 116 cm³/mol. The number of ether oxygens (including phenoxy) is 1. The van der Waals surface area contributed by atoms with E-state index in [0.29, 0.717) is 18.7 Å². The Morgan fingerprint density at radius 2 is 1.76 bits per heavy atom. The first-order chi connectivity index (χ1) is 14.2. The molecular formula is C24H37N3O2. The molecule has 0 spiro atoms. The van der Waals surface area contributed by atoms with Gasteiger partial charge in [-0.1, -0.05) is 24.3 Å². The zero-order chi connectivity index (χ0) is 20.1. The number of amides is 1. The molecule has 1 N–H and O–H groups in total.